The Morgan fingerprint density at radius 3 is 2.55 bits per heavy atom. The molecule has 0 aliphatic carbocycles. The highest BCUT2D eigenvalue weighted by molar-refractivity contribution is 8.14. The van der Waals surface area contributed by atoms with Crippen molar-refractivity contribution in [3.05, 3.63) is 0 Å². The molecule has 1 unspecified atom stereocenters. The molecule has 20 heavy (non-hydrogen) atoms. The number of nitrogens with zero attached hydrogens (tertiary/aromatic N) is 1. The van der Waals surface area contributed by atoms with Crippen LogP contribution >= 0.6 is 11.8 Å². The van der Waals surface area contributed by atoms with E-state index in [1.54, 1.807) is 0 Å². The first-order chi connectivity index (χ1) is 9.10. The molecule has 0 bridgehead atoms. The van der Waals surface area contributed by atoms with Gasteiger partial charge in [0.15, 0.2) is 11.2 Å². The van der Waals surface area contributed by atoms with Crippen molar-refractivity contribution >= 4 is 28.8 Å². The van der Waals surface area contributed by atoms with Crippen LogP contribution in [0.1, 0.15) is 34.1 Å². The number of likely N-dealkylation sites (tertiary alicyclic amines) is 1. The predicted molar refractivity (Wildman–Crippen MR) is 75.5 cm³/mol. The van der Waals surface area contributed by atoms with Crippen molar-refractivity contribution in [1.29, 1.82) is 0 Å². The molecule has 1 N–H and O–H groups in total. The average molecular weight is 303 g/mol. The van der Waals surface area contributed by atoms with E-state index in [-0.39, 0.29) is 35.8 Å². The topological polar surface area (TPSA) is 83.9 Å². The molecule has 1 rings (SSSR count). The van der Waals surface area contributed by atoms with Gasteiger partial charge in [-0.3, -0.25) is 9.59 Å². The van der Waals surface area contributed by atoms with Gasteiger partial charge in [-0.15, -0.1) is 0 Å². The third-order valence-electron chi connectivity index (χ3n) is 2.79. The summed E-state index contributed by atoms with van der Waals surface area (Å²) in [6.07, 6.45) is 0.198. The zero-order valence-corrected chi connectivity index (χ0v) is 13.0. The van der Waals surface area contributed by atoms with Crippen LogP contribution in [0.15, 0.2) is 0 Å². The maximum absolute atomic E-state index is 11.9. The minimum atomic E-state index is -1.09. The number of rotatable bonds is 5. The van der Waals surface area contributed by atoms with Crippen molar-refractivity contribution in [2.75, 3.05) is 13.2 Å². The van der Waals surface area contributed by atoms with Gasteiger partial charge in [0.05, 0.1) is 12.2 Å². The first-order valence-electron chi connectivity index (χ1n) is 6.43. The molecular weight excluding hydrogens is 282 g/mol. The van der Waals surface area contributed by atoms with E-state index in [0.29, 0.717) is 0 Å². The van der Waals surface area contributed by atoms with Gasteiger partial charge in [0.1, 0.15) is 0 Å². The number of hydrogen-bond acceptors (Lipinski definition) is 5. The molecule has 1 aliphatic heterocycles. The quantitative estimate of drug-likeness (QED) is 0.820. The van der Waals surface area contributed by atoms with Gasteiger partial charge < -0.3 is 14.7 Å². The summed E-state index contributed by atoms with van der Waals surface area (Å²) in [5, 5.41) is 9.03. The molecule has 0 spiro atoms. The molecule has 0 aromatic carbocycles. The Bertz CT molecular complexity index is 404. The molecule has 1 heterocycles. The summed E-state index contributed by atoms with van der Waals surface area (Å²) in [6.45, 7) is 7.13. The van der Waals surface area contributed by atoms with E-state index < -0.39 is 17.6 Å². The van der Waals surface area contributed by atoms with Crippen LogP contribution in [-0.4, -0.2) is 57.0 Å². The number of carbonyl (C=O) groups is 3. The van der Waals surface area contributed by atoms with Gasteiger partial charge in [0, 0.05) is 25.1 Å². The maximum Gasteiger partial charge on any atom is 0.328 e. The third-order valence-corrected chi connectivity index (χ3v) is 3.77. The van der Waals surface area contributed by atoms with E-state index in [0.717, 1.165) is 11.8 Å². The summed E-state index contributed by atoms with van der Waals surface area (Å²) in [4.78, 5) is 35.6. The second-order valence-corrected chi connectivity index (χ2v) is 7.24. The second kappa shape index (κ2) is 6.58. The van der Waals surface area contributed by atoms with Crippen LogP contribution in [0, 0.1) is 0 Å². The van der Waals surface area contributed by atoms with Gasteiger partial charge in [-0.2, -0.15) is 0 Å². The van der Waals surface area contributed by atoms with Crippen LogP contribution in [0.25, 0.3) is 0 Å². The number of thioether (sulfide) groups is 1. The normalized spacial score (nSPS) is 21.1. The standard InChI is InChI=1S/C13H21NO5S/c1-8(15)20-9-5-11(16)14(6-9)10(12(17)18)7-19-13(2,3)4/h9-10H,5-7H2,1-4H3,(H,17,18)/t9?,10-/m0/s1. The van der Waals surface area contributed by atoms with Crippen molar-refractivity contribution in [3.63, 3.8) is 0 Å². The van der Waals surface area contributed by atoms with Gasteiger partial charge in [0.2, 0.25) is 5.91 Å². The van der Waals surface area contributed by atoms with Gasteiger partial charge >= 0.3 is 5.97 Å². The molecule has 0 saturated carbocycles. The highest BCUT2D eigenvalue weighted by atomic mass is 32.2. The zero-order valence-electron chi connectivity index (χ0n) is 12.2. The Labute approximate surface area is 122 Å². The summed E-state index contributed by atoms with van der Waals surface area (Å²) in [5.41, 5.74) is -0.468. The molecule has 1 amide bonds. The number of amides is 1. The molecular formula is C13H21NO5S. The van der Waals surface area contributed by atoms with Crippen molar-refractivity contribution < 1.29 is 24.2 Å². The Morgan fingerprint density at radius 2 is 2.10 bits per heavy atom. The minimum absolute atomic E-state index is 0.0535. The first-order valence-corrected chi connectivity index (χ1v) is 7.31. The van der Waals surface area contributed by atoms with E-state index in [2.05, 4.69) is 0 Å². The van der Waals surface area contributed by atoms with Crippen LogP contribution < -0.4 is 0 Å². The zero-order chi connectivity index (χ0) is 15.5. The number of carboxylic acid groups (broad SMARTS) is 1. The fourth-order valence-corrected chi connectivity index (χ4v) is 2.87. The number of ether oxygens (including phenoxy) is 1. The highest BCUT2D eigenvalue weighted by Crippen LogP contribution is 2.26. The van der Waals surface area contributed by atoms with Crippen molar-refractivity contribution in [2.45, 2.75) is 51.0 Å². The van der Waals surface area contributed by atoms with Crippen LogP contribution in [0.2, 0.25) is 0 Å². The number of carbonyl (C=O) groups excluding carboxylic acids is 2. The lowest BCUT2D eigenvalue weighted by atomic mass is 10.2. The number of aliphatic carboxylic acids is 1. The largest absolute Gasteiger partial charge is 0.480 e. The third kappa shape index (κ3) is 5.13. The highest BCUT2D eigenvalue weighted by Gasteiger charge is 2.39. The number of hydrogen-bond donors (Lipinski definition) is 1. The van der Waals surface area contributed by atoms with E-state index in [1.807, 2.05) is 20.8 Å². The minimum Gasteiger partial charge on any atom is -0.480 e. The molecule has 6 nitrogen and oxygen atoms in total. The Morgan fingerprint density at radius 1 is 1.50 bits per heavy atom. The van der Waals surface area contributed by atoms with Crippen LogP contribution in [-0.2, 0) is 19.1 Å². The van der Waals surface area contributed by atoms with Crippen molar-refractivity contribution in [3.8, 4) is 0 Å². The molecule has 1 aliphatic rings. The van der Waals surface area contributed by atoms with E-state index in [4.69, 9.17) is 4.74 Å². The smallest absolute Gasteiger partial charge is 0.328 e. The van der Waals surface area contributed by atoms with Crippen molar-refractivity contribution in [1.82, 2.24) is 4.90 Å². The lowest BCUT2D eigenvalue weighted by Crippen LogP contribution is -2.46. The second-order valence-electron chi connectivity index (χ2n) is 5.76. The fourth-order valence-electron chi connectivity index (χ4n) is 1.94. The monoisotopic (exact) mass is 303 g/mol. The molecule has 1 saturated heterocycles. The molecule has 0 aromatic rings. The summed E-state index contributed by atoms with van der Waals surface area (Å²) < 4.78 is 5.48. The van der Waals surface area contributed by atoms with E-state index in [9.17, 15) is 19.5 Å². The summed E-state index contributed by atoms with van der Waals surface area (Å²) in [6, 6.07) is -1.00. The van der Waals surface area contributed by atoms with Crippen molar-refractivity contribution in [2.24, 2.45) is 0 Å². The van der Waals surface area contributed by atoms with E-state index in [1.165, 1.54) is 11.8 Å². The Kier molecular flexibility index (Phi) is 5.59. The SMILES string of the molecule is CC(=O)SC1CC(=O)N([C@@H](COC(C)(C)C)C(=O)O)C1. The van der Waals surface area contributed by atoms with Gasteiger partial charge in [-0.1, -0.05) is 11.8 Å². The molecule has 1 fully saturated rings. The lowest BCUT2D eigenvalue weighted by Gasteiger charge is -2.28. The average Bonchev–Trinajstić information content (AvgIpc) is 2.56. The fraction of sp³-hybridized carbons (Fsp3) is 0.769. The maximum atomic E-state index is 11.9. The first kappa shape index (κ1) is 17.0. The lowest BCUT2D eigenvalue weighted by molar-refractivity contribution is -0.153. The van der Waals surface area contributed by atoms with Gasteiger partial charge in [0.25, 0.3) is 0 Å². The molecule has 0 aromatic heterocycles. The van der Waals surface area contributed by atoms with Crippen LogP contribution in [0.3, 0.4) is 0 Å². The predicted octanol–water partition coefficient (Wildman–Crippen LogP) is 1.14. The molecule has 114 valence electrons. The summed E-state index contributed by atoms with van der Waals surface area (Å²) in [7, 11) is 0. The number of carboxylic acids is 1. The molecule has 7 heteroatoms. The van der Waals surface area contributed by atoms with E-state index >= 15 is 0 Å². The summed E-state index contributed by atoms with van der Waals surface area (Å²) in [5.74, 6) is -1.33. The van der Waals surface area contributed by atoms with Gasteiger partial charge in [-0.25, -0.2) is 4.79 Å². The van der Waals surface area contributed by atoms with Crippen LogP contribution in [0.5, 0.6) is 0 Å². The molecule has 2 atom stereocenters. The van der Waals surface area contributed by atoms with Gasteiger partial charge in [-0.05, 0) is 20.8 Å². The summed E-state index contributed by atoms with van der Waals surface area (Å²) >= 11 is 1.09. The Hall–Kier alpha value is -1.08. The van der Waals surface area contributed by atoms with Crippen LogP contribution in [0.4, 0.5) is 0 Å². The molecule has 0 radical (unpaired) electrons. The Balaban J connectivity index is 2.70.